The Bertz CT molecular complexity index is 235. The molecule has 80 valence electrons. The van der Waals surface area contributed by atoms with Gasteiger partial charge in [0.05, 0.1) is 0 Å². The SMILES string of the molecule is C=C(C)C(=O)OCCOC(=O)[C@H](C)Br. The van der Waals surface area contributed by atoms with Gasteiger partial charge in [0, 0.05) is 5.57 Å². The van der Waals surface area contributed by atoms with Gasteiger partial charge in [-0.05, 0) is 13.8 Å². The van der Waals surface area contributed by atoms with E-state index in [1.807, 2.05) is 0 Å². The maximum Gasteiger partial charge on any atom is 0.333 e. The normalized spacial score (nSPS) is 11.6. The molecule has 0 fully saturated rings. The average Bonchev–Trinajstić information content (AvgIpc) is 2.11. The second-order valence-corrected chi connectivity index (χ2v) is 4.07. The van der Waals surface area contributed by atoms with Crippen molar-refractivity contribution in [3.05, 3.63) is 12.2 Å². The number of rotatable bonds is 5. The van der Waals surface area contributed by atoms with Gasteiger partial charge in [-0.25, -0.2) is 4.79 Å². The molecule has 0 N–H and O–H groups in total. The monoisotopic (exact) mass is 264 g/mol. The van der Waals surface area contributed by atoms with Gasteiger partial charge < -0.3 is 9.47 Å². The quantitative estimate of drug-likeness (QED) is 0.326. The van der Waals surface area contributed by atoms with E-state index in [2.05, 4.69) is 22.5 Å². The van der Waals surface area contributed by atoms with Crippen LogP contribution >= 0.6 is 15.9 Å². The van der Waals surface area contributed by atoms with Crippen LogP contribution in [0.15, 0.2) is 12.2 Å². The predicted molar refractivity (Wildman–Crippen MR) is 55.1 cm³/mol. The van der Waals surface area contributed by atoms with E-state index in [1.165, 1.54) is 0 Å². The molecule has 0 radical (unpaired) electrons. The first-order valence-electron chi connectivity index (χ1n) is 4.08. The van der Waals surface area contributed by atoms with Gasteiger partial charge in [-0.3, -0.25) is 4.79 Å². The lowest BCUT2D eigenvalue weighted by Gasteiger charge is -2.06. The van der Waals surface area contributed by atoms with Crippen LogP contribution in [0.3, 0.4) is 0 Å². The van der Waals surface area contributed by atoms with Gasteiger partial charge >= 0.3 is 11.9 Å². The Balaban J connectivity index is 3.52. The van der Waals surface area contributed by atoms with E-state index >= 15 is 0 Å². The fourth-order valence-corrected chi connectivity index (χ4v) is 0.647. The number of ether oxygens (including phenoxy) is 2. The van der Waals surface area contributed by atoms with Gasteiger partial charge in [0.1, 0.15) is 18.0 Å². The highest BCUT2D eigenvalue weighted by Crippen LogP contribution is 1.99. The number of esters is 2. The molecule has 1 atom stereocenters. The second-order valence-electron chi connectivity index (χ2n) is 2.70. The first kappa shape index (κ1) is 13.2. The Morgan fingerprint density at radius 3 is 2.29 bits per heavy atom. The molecule has 0 saturated carbocycles. The summed E-state index contributed by atoms with van der Waals surface area (Å²) in [6, 6.07) is 0. The van der Waals surface area contributed by atoms with E-state index in [9.17, 15) is 9.59 Å². The molecule has 0 heterocycles. The molecule has 0 spiro atoms. The lowest BCUT2D eigenvalue weighted by Crippen LogP contribution is -2.18. The Hall–Kier alpha value is -0.840. The van der Waals surface area contributed by atoms with E-state index < -0.39 is 5.97 Å². The summed E-state index contributed by atoms with van der Waals surface area (Å²) in [7, 11) is 0. The molecule has 4 nitrogen and oxygen atoms in total. The van der Waals surface area contributed by atoms with Gasteiger partial charge in [-0.1, -0.05) is 22.5 Å². The lowest BCUT2D eigenvalue weighted by molar-refractivity contribution is -0.149. The van der Waals surface area contributed by atoms with Crippen LogP contribution in [0.25, 0.3) is 0 Å². The Labute approximate surface area is 91.4 Å². The molecule has 0 aromatic carbocycles. The van der Waals surface area contributed by atoms with Crippen LogP contribution in [0.2, 0.25) is 0 Å². The first-order valence-corrected chi connectivity index (χ1v) is 5.00. The van der Waals surface area contributed by atoms with Crippen molar-refractivity contribution in [2.45, 2.75) is 18.7 Å². The molecule has 0 rings (SSSR count). The molecule has 0 aliphatic rings. The molecule has 0 bridgehead atoms. The maximum atomic E-state index is 10.9. The van der Waals surface area contributed by atoms with Gasteiger partial charge in [0.15, 0.2) is 0 Å². The van der Waals surface area contributed by atoms with Crippen molar-refractivity contribution in [2.24, 2.45) is 0 Å². The summed E-state index contributed by atoms with van der Waals surface area (Å²) in [5.41, 5.74) is 0.324. The van der Waals surface area contributed by atoms with Crippen molar-refractivity contribution in [1.82, 2.24) is 0 Å². The minimum absolute atomic E-state index is 0.0527. The fourth-order valence-electron chi connectivity index (χ4n) is 0.515. The molecule has 0 aromatic rings. The zero-order valence-electron chi connectivity index (χ0n) is 8.21. The largest absolute Gasteiger partial charge is 0.461 e. The molecule has 0 amide bonds. The average molecular weight is 265 g/mol. The number of halogens is 1. The van der Waals surface area contributed by atoms with E-state index in [-0.39, 0.29) is 24.0 Å². The van der Waals surface area contributed by atoms with Crippen LogP contribution in [0, 0.1) is 0 Å². The summed E-state index contributed by atoms with van der Waals surface area (Å²) >= 11 is 3.05. The summed E-state index contributed by atoms with van der Waals surface area (Å²) in [6.45, 7) is 6.73. The van der Waals surface area contributed by atoms with Crippen LogP contribution in [0.1, 0.15) is 13.8 Å². The van der Waals surface area contributed by atoms with Crippen molar-refractivity contribution in [3.8, 4) is 0 Å². The Morgan fingerprint density at radius 2 is 1.86 bits per heavy atom. The molecule has 0 saturated heterocycles. The number of carbonyl (C=O) groups is 2. The summed E-state index contributed by atoms with van der Waals surface area (Å²) in [6.07, 6.45) is 0. The minimum atomic E-state index is -0.479. The molecule has 0 aliphatic heterocycles. The number of carbonyl (C=O) groups excluding carboxylic acids is 2. The molecule has 5 heteroatoms. The van der Waals surface area contributed by atoms with Crippen LogP contribution in [0.5, 0.6) is 0 Å². The third-order valence-corrected chi connectivity index (χ3v) is 1.61. The topological polar surface area (TPSA) is 52.6 Å². The standard InChI is InChI=1S/C9H13BrO4/c1-6(2)8(11)13-4-5-14-9(12)7(3)10/h7H,1,4-5H2,2-3H3/t7-/m0/s1. The second kappa shape index (κ2) is 6.59. The molecular formula is C9H13BrO4. The van der Waals surface area contributed by atoms with Gasteiger partial charge in [0.25, 0.3) is 0 Å². The van der Waals surface area contributed by atoms with Crippen molar-refractivity contribution in [1.29, 1.82) is 0 Å². The van der Waals surface area contributed by atoms with Gasteiger partial charge in [-0.15, -0.1) is 0 Å². The third kappa shape index (κ3) is 5.75. The van der Waals surface area contributed by atoms with Crippen molar-refractivity contribution < 1.29 is 19.1 Å². The smallest absolute Gasteiger partial charge is 0.333 e. The molecule has 0 aromatic heterocycles. The molecule has 0 aliphatic carbocycles. The zero-order chi connectivity index (χ0) is 11.1. The van der Waals surface area contributed by atoms with E-state index in [4.69, 9.17) is 9.47 Å². The van der Waals surface area contributed by atoms with Crippen LogP contribution in [0.4, 0.5) is 0 Å². The van der Waals surface area contributed by atoms with E-state index in [0.29, 0.717) is 5.57 Å². The predicted octanol–water partition coefficient (Wildman–Crippen LogP) is 1.43. The fraction of sp³-hybridized carbons (Fsp3) is 0.556. The molecule has 0 unspecified atom stereocenters. The van der Waals surface area contributed by atoms with Crippen LogP contribution in [-0.2, 0) is 19.1 Å². The zero-order valence-corrected chi connectivity index (χ0v) is 9.80. The van der Waals surface area contributed by atoms with Crippen LogP contribution < -0.4 is 0 Å². The van der Waals surface area contributed by atoms with Crippen molar-refractivity contribution in [2.75, 3.05) is 13.2 Å². The number of alkyl halides is 1. The molecular weight excluding hydrogens is 252 g/mol. The highest BCUT2D eigenvalue weighted by atomic mass is 79.9. The third-order valence-electron chi connectivity index (χ3n) is 1.23. The summed E-state index contributed by atoms with van der Waals surface area (Å²) < 4.78 is 9.44. The Kier molecular flexibility index (Phi) is 6.19. The highest BCUT2D eigenvalue weighted by Gasteiger charge is 2.10. The van der Waals surface area contributed by atoms with Gasteiger partial charge in [-0.2, -0.15) is 0 Å². The Morgan fingerprint density at radius 1 is 1.36 bits per heavy atom. The minimum Gasteiger partial charge on any atom is -0.461 e. The van der Waals surface area contributed by atoms with Gasteiger partial charge in [0.2, 0.25) is 0 Å². The first-order chi connectivity index (χ1) is 6.45. The summed E-state index contributed by atoms with van der Waals surface area (Å²) in [4.78, 5) is 21.4. The highest BCUT2D eigenvalue weighted by molar-refractivity contribution is 9.10. The summed E-state index contributed by atoms with van der Waals surface area (Å²) in [5, 5.41) is 0. The van der Waals surface area contributed by atoms with Crippen molar-refractivity contribution >= 4 is 27.9 Å². The van der Waals surface area contributed by atoms with E-state index in [1.54, 1.807) is 13.8 Å². The summed E-state index contributed by atoms with van der Waals surface area (Å²) in [5.74, 6) is -0.857. The maximum absolute atomic E-state index is 10.9. The van der Waals surface area contributed by atoms with E-state index in [0.717, 1.165) is 0 Å². The van der Waals surface area contributed by atoms with Crippen molar-refractivity contribution in [3.63, 3.8) is 0 Å². The number of hydrogen-bond acceptors (Lipinski definition) is 4. The lowest BCUT2D eigenvalue weighted by atomic mass is 10.4. The number of hydrogen-bond donors (Lipinski definition) is 0. The molecule has 14 heavy (non-hydrogen) atoms. The van der Waals surface area contributed by atoms with Crippen LogP contribution in [-0.4, -0.2) is 30.0 Å².